The van der Waals surface area contributed by atoms with Crippen LogP contribution in [0, 0.1) is 0 Å². The van der Waals surface area contributed by atoms with E-state index in [2.05, 4.69) is 16.5 Å². The van der Waals surface area contributed by atoms with Crippen LogP contribution >= 0.6 is 0 Å². The van der Waals surface area contributed by atoms with Crippen molar-refractivity contribution in [2.45, 2.75) is 5.16 Å². The molecule has 6 nitrogen and oxygen atoms in total. The Morgan fingerprint density at radius 3 is 2.46 bits per heavy atom. The first-order valence-electron chi connectivity index (χ1n) is 7.12. The zero-order valence-electron chi connectivity index (χ0n) is 13.2. The molecular weight excluding hydrogens is 326 g/mol. The van der Waals surface area contributed by atoms with Crippen molar-refractivity contribution in [3.63, 3.8) is 0 Å². The first-order chi connectivity index (χ1) is 11.3. The summed E-state index contributed by atoms with van der Waals surface area (Å²) < 4.78 is 24.7. The Balaban J connectivity index is 2.48. The highest BCUT2D eigenvalue weighted by atomic mass is 32.2. The number of fused-ring (bicyclic) bond motifs is 1. The molecule has 122 valence electrons. The van der Waals surface area contributed by atoms with Crippen molar-refractivity contribution < 1.29 is 8.42 Å². The third-order valence-electron chi connectivity index (χ3n) is 3.74. The third kappa shape index (κ3) is 2.52. The van der Waals surface area contributed by atoms with Crippen LogP contribution in [0.1, 0.15) is 5.56 Å². The molecule has 0 radical (unpaired) electrons. The van der Waals surface area contributed by atoms with Crippen LogP contribution in [-0.2, 0) is 16.9 Å². The van der Waals surface area contributed by atoms with E-state index in [1.165, 1.54) is 10.8 Å². The molecular formula is C17H15N3O3S. The molecule has 0 aliphatic heterocycles. The average molecular weight is 341 g/mol. The van der Waals surface area contributed by atoms with Crippen LogP contribution < -0.4 is 5.56 Å². The minimum Gasteiger partial charge on any atom is -0.295 e. The van der Waals surface area contributed by atoms with Crippen LogP contribution in [0.25, 0.3) is 28.2 Å². The van der Waals surface area contributed by atoms with Crippen LogP contribution in [0.5, 0.6) is 0 Å². The largest absolute Gasteiger partial charge is 0.295 e. The number of pyridine rings is 1. The Morgan fingerprint density at radius 1 is 1.21 bits per heavy atom. The smallest absolute Gasteiger partial charge is 0.260 e. The van der Waals surface area contributed by atoms with Gasteiger partial charge in [-0.15, -0.1) is 0 Å². The molecule has 0 aliphatic carbocycles. The highest BCUT2D eigenvalue weighted by Crippen LogP contribution is 2.27. The number of hydrogen-bond donors (Lipinski definition) is 0. The minimum absolute atomic E-state index is 0.255. The van der Waals surface area contributed by atoms with Gasteiger partial charge in [-0.05, 0) is 11.1 Å². The fourth-order valence-corrected chi connectivity index (χ4v) is 3.09. The first-order valence-corrected chi connectivity index (χ1v) is 9.01. The van der Waals surface area contributed by atoms with E-state index < -0.39 is 9.84 Å². The van der Waals surface area contributed by atoms with Crippen molar-refractivity contribution in [1.82, 2.24) is 14.5 Å². The number of benzene rings is 1. The van der Waals surface area contributed by atoms with Crippen molar-refractivity contribution in [1.29, 1.82) is 0 Å². The molecule has 3 rings (SSSR count). The molecule has 0 unspecified atom stereocenters. The van der Waals surface area contributed by atoms with E-state index in [9.17, 15) is 13.2 Å². The molecule has 2 aromatic heterocycles. The summed E-state index contributed by atoms with van der Waals surface area (Å²) in [6.45, 7) is 3.79. The molecule has 0 aliphatic rings. The van der Waals surface area contributed by atoms with Crippen molar-refractivity contribution in [3.8, 4) is 11.1 Å². The number of aryl methyl sites for hydroxylation is 1. The second kappa shape index (κ2) is 5.68. The molecule has 0 atom stereocenters. The van der Waals surface area contributed by atoms with Gasteiger partial charge in [0.15, 0.2) is 0 Å². The normalized spacial score (nSPS) is 11.6. The highest BCUT2D eigenvalue weighted by molar-refractivity contribution is 7.90. The minimum atomic E-state index is -3.57. The first kappa shape index (κ1) is 16.1. The number of hydrogen-bond acceptors (Lipinski definition) is 5. The summed E-state index contributed by atoms with van der Waals surface area (Å²) in [6, 6.07) is 9.22. The summed E-state index contributed by atoms with van der Waals surface area (Å²) in [6.07, 6.45) is 4.01. The molecule has 0 saturated heterocycles. The third-order valence-corrected chi connectivity index (χ3v) is 4.60. The summed E-state index contributed by atoms with van der Waals surface area (Å²) in [5.74, 6) is 0. The lowest BCUT2D eigenvalue weighted by atomic mass is 9.99. The maximum Gasteiger partial charge on any atom is 0.260 e. The van der Waals surface area contributed by atoms with Gasteiger partial charge in [-0.25, -0.2) is 13.4 Å². The molecule has 7 heteroatoms. The van der Waals surface area contributed by atoms with Gasteiger partial charge in [-0.2, -0.15) is 4.98 Å². The number of nitrogens with zero attached hydrogens (tertiary/aromatic N) is 3. The summed E-state index contributed by atoms with van der Waals surface area (Å²) in [7, 11) is -2.01. The van der Waals surface area contributed by atoms with E-state index >= 15 is 0 Å². The SMILES string of the molecule is C=Cc1c(-c2ccccc2)c(=O)n(C)c2nc(S(C)(=O)=O)ncc12. The molecule has 0 saturated carbocycles. The number of sulfone groups is 1. The van der Waals surface area contributed by atoms with Crippen LogP contribution in [0.4, 0.5) is 0 Å². The van der Waals surface area contributed by atoms with E-state index in [4.69, 9.17) is 0 Å². The van der Waals surface area contributed by atoms with Crippen LogP contribution in [0.15, 0.2) is 53.1 Å². The van der Waals surface area contributed by atoms with Crippen molar-refractivity contribution in [3.05, 3.63) is 59.0 Å². The Hall–Kier alpha value is -2.80. The van der Waals surface area contributed by atoms with Crippen LogP contribution in [0.3, 0.4) is 0 Å². The van der Waals surface area contributed by atoms with Gasteiger partial charge in [0.25, 0.3) is 5.56 Å². The zero-order chi connectivity index (χ0) is 17.5. The molecule has 0 amide bonds. The van der Waals surface area contributed by atoms with Crippen molar-refractivity contribution in [2.75, 3.05) is 6.26 Å². The summed E-state index contributed by atoms with van der Waals surface area (Å²) in [5.41, 5.74) is 1.80. The van der Waals surface area contributed by atoms with Crippen LogP contribution in [0.2, 0.25) is 0 Å². The van der Waals surface area contributed by atoms with Gasteiger partial charge in [0.2, 0.25) is 15.0 Å². The van der Waals surface area contributed by atoms with Gasteiger partial charge in [-0.1, -0.05) is 43.0 Å². The van der Waals surface area contributed by atoms with Gasteiger partial charge < -0.3 is 0 Å². The zero-order valence-corrected chi connectivity index (χ0v) is 14.0. The van der Waals surface area contributed by atoms with Gasteiger partial charge in [0.1, 0.15) is 5.65 Å². The van der Waals surface area contributed by atoms with E-state index in [1.807, 2.05) is 30.3 Å². The molecule has 3 aromatic rings. The predicted molar refractivity (Wildman–Crippen MR) is 93.4 cm³/mol. The quantitative estimate of drug-likeness (QED) is 0.681. The standard InChI is InChI=1S/C17H15N3O3S/c1-4-12-13-10-18-17(24(3,22)23)19-15(13)20(2)16(21)14(12)11-8-6-5-7-9-11/h4-10H,1H2,2-3H3. The average Bonchev–Trinajstić information content (AvgIpc) is 2.57. The molecule has 0 N–H and O–H groups in total. The van der Waals surface area contributed by atoms with Gasteiger partial charge in [-0.3, -0.25) is 9.36 Å². The highest BCUT2D eigenvalue weighted by Gasteiger charge is 2.19. The van der Waals surface area contributed by atoms with Crippen molar-refractivity contribution in [2.24, 2.45) is 7.05 Å². The molecule has 0 bridgehead atoms. The number of rotatable bonds is 3. The fourth-order valence-electron chi connectivity index (χ4n) is 2.59. The monoisotopic (exact) mass is 341 g/mol. The molecule has 0 fully saturated rings. The Labute approximate surface area is 139 Å². The van der Waals surface area contributed by atoms with Crippen LogP contribution in [-0.4, -0.2) is 29.2 Å². The maximum absolute atomic E-state index is 12.8. The van der Waals surface area contributed by atoms with Crippen molar-refractivity contribution >= 4 is 26.9 Å². The second-order valence-corrected chi connectivity index (χ2v) is 7.29. The van der Waals surface area contributed by atoms with E-state index in [0.717, 1.165) is 11.8 Å². The van der Waals surface area contributed by atoms with Gasteiger partial charge in [0, 0.05) is 24.9 Å². The lowest BCUT2D eigenvalue weighted by Crippen LogP contribution is -2.22. The van der Waals surface area contributed by atoms with E-state index in [-0.39, 0.29) is 16.4 Å². The Kier molecular flexibility index (Phi) is 3.81. The maximum atomic E-state index is 12.8. The van der Waals surface area contributed by atoms with E-state index in [0.29, 0.717) is 16.5 Å². The Morgan fingerprint density at radius 2 is 1.88 bits per heavy atom. The topological polar surface area (TPSA) is 81.9 Å². The second-order valence-electron chi connectivity index (χ2n) is 5.39. The predicted octanol–water partition coefficient (Wildman–Crippen LogP) is 2.04. The molecule has 2 heterocycles. The summed E-state index contributed by atoms with van der Waals surface area (Å²) in [5, 5.41) is 0.255. The fraction of sp³-hybridized carbons (Fsp3) is 0.118. The molecule has 24 heavy (non-hydrogen) atoms. The Bertz CT molecular complexity index is 1120. The lowest BCUT2D eigenvalue weighted by Gasteiger charge is -2.13. The van der Waals surface area contributed by atoms with Gasteiger partial charge >= 0.3 is 0 Å². The number of aromatic nitrogens is 3. The van der Waals surface area contributed by atoms with Gasteiger partial charge in [0.05, 0.1) is 5.56 Å². The molecule has 1 aromatic carbocycles. The molecule has 0 spiro atoms. The summed E-state index contributed by atoms with van der Waals surface area (Å²) in [4.78, 5) is 20.8. The summed E-state index contributed by atoms with van der Waals surface area (Å²) >= 11 is 0. The lowest BCUT2D eigenvalue weighted by molar-refractivity contribution is 0.593. The van der Waals surface area contributed by atoms with E-state index in [1.54, 1.807) is 13.1 Å².